The number of thiazole rings is 1. The summed E-state index contributed by atoms with van der Waals surface area (Å²) in [5.41, 5.74) is 6.15. The summed E-state index contributed by atoms with van der Waals surface area (Å²) in [5, 5.41) is 3.72. The van der Waals surface area contributed by atoms with Crippen molar-refractivity contribution in [3.05, 3.63) is 71.8 Å². The predicted molar refractivity (Wildman–Crippen MR) is 123 cm³/mol. The number of hydrogen-bond acceptors (Lipinski definition) is 7. The van der Waals surface area contributed by atoms with Crippen molar-refractivity contribution >= 4 is 39.7 Å². The molecule has 0 atom stereocenters. The van der Waals surface area contributed by atoms with Crippen LogP contribution in [0.4, 0.5) is 5.95 Å². The van der Waals surface area contributed by atoms with E-state index in [4.69, 9.17) is 0 Å². The number of nitrogens with zero attached hydrogens (tertiary/aromatic N) is 5. The van der Waals surface area contributed by atoms with E-state index >= 15 is 0 Å². The molecule has 8 heteroatoms. The maximum absolute atomic E-state index is 12.8. The van der Waals surface area contributed by atoms with Crippen LogP contribution in [0.1, 0.15) is 22.5 Å². The Morgan fingerprint density at radius 3 is 2.90 bits per heavy atom. The summed E-state index contributed by atoms with van der Waals surface area (Å²) in [5.74, 6) is 0.0194. The van der Waals surface area contributed by atoms with Crippen LogP contribution in [0.2, 0.25) is 0 Å². The molecule has 154 valence electrons. The highest BCUT2D eigenvalue weighted by atomic mass is 32.1. The van der Waals surface area contributed by atoms with Gasteiger partial charge in [0.25, 0.3) is 5.91 Å². The van der Waals surface area contributed by atoms with Crippen molar-refractivity contribution in [3.8, 4) is 10.4 Å². The number of pyridine rings is 1. The summed E-state index contributed by atoms with van der Waals surface area (Å²) >= 11 is 1.57. The second-order valence-corrected chi connectivity index (χ2v) is 8.34. The molecule has 0 spiro atoms. The summed E-state index contributed by atoms with van der Waals surface area (Å²) in [4.78, 5) is 33.6. The van der Waals surface area contributed by atoms with Crippen molar-refractivity contribution < 1.29 is 4.79 Å². The zero-order chi connectivity index (χ0) is 21.2. The zero-order valence-electron chi connectivity index (χ0n) is 16.9. The van der Waals surface area contributed by atoms with E-state index in [-0.39, 0.29) is 11.9 Å². The van der Waals surface area contributed by atoms with Gasteiger partial charge >= 0.3 is 0 Å². The minimum absolute atomic E-state index is 0.255. The average molecular weight is 429 g/mol. The Morgan fingerprint density at radius 2 is 2.10 bits per heavy atom. The second-order valence-electron chi connectivity index (χ2n) is 7.46. The number of likely N-dealkylation sites (N-methyl/N-ethyl adjacent to an activating group) is 1. The second kappa shape index (κ2) is 8.33. The molecule has 7 nitrogen and oxygen atoms in total. The Balaban J connectivity index is 1.38. The maximum Gasteiger partial charge on any atom is 0.258 e. The van der Waals surface area contributed by atoms with Gasteiger partial charge in [-0.25, -0.2) is 9.97 Å². The Kier molecular flexibility index (Phi) is 5.23. The molecule has 0 saturated heterocycles. The van der Waals surface area contributed by atoms with Crippen LogP contribution in [0.25, 0.3) is 26.9 Å². The summed E-state index contributed by atoms with van der Waals surface area (Å²) in [6.07, 6.45) is 8.31. The lowest BCUT2D eigenvalue weighted by atomic mass is 10.0. The Morgan fingerprint density at radius 1 is 1.16 bits per heavy atom. The third kappa shape index (κ3) is 4.21. The van der Waals surface area contributed by atoms with E-state index in [0.29, 0.717) is 5.56 Å². The normalized spacial score (nSPS) is 14.4. The molecule has 1 aliphatic rings. The van der Waals surface area contributed by atoms with Crippen LogP contribution in [0.5, 0.6) is 0 Å². The number of hydrogen-bond donors (Lipinski definition) is 1. The standard InChI is InChI=1S/C23H20N6OS/c1-29-8-5-15(6-9-29)19-11-17(4-7-25-19)22(30)28-23-26-12-18-3-2-16(10-20(18)27-23)21-13-24-14-31-21/h2-5,7,10-14H,6,8-9H2,1H3,(H,26,27,28,30). The zero-order valence-corrected chi connectivity index (χ0v) is 17.8. The van der Waals surface area contributed by atoms with Crippen LogP contribution >= 0.6 is 11.3 Å². The molecule has 1 aromatic carbocycles. The maximum atomic E-state index is 12.8. The topological polar surface area (TPSA) is 83.9 Å². The molecule has 1 N–H and O–H groups in total. The lowest BCUT2D eigenvalue weighted by molar-refractivity contribution is 0.102. The van der Waals surface area contributed by atoms with Crippen LogP contribution in [0.15, 0.2) is 60.5 Å². The third-order valence-corrected chi connectivity index (χ3v) is 6.11. The molecule has 5 rings (SSSR count). The van der Waals surface area contributed by atoms with Crippen molar-refractivity contribution in [1.29, 1.82) is 0 Å². The molecule has 0 radical (unpaired) electrons. The SMILES string of the molecule is CN1CC=C(c2cc(C(=O)Nc3ncc4ccc(-c5cncs5)cc4n3)ccn2)CC1. The minimum atomic E-state index is -0.255. The first-order valence-electron chi connectivity index (χ1n) is 9.97. The van der Waals surface area contributed by atoms with Crippen molar-refractivity contribution in [2.75, 3.05) is 25.5 Å². The van der Waals surface area contributed by atoms with E-state index in [2.05, 4.69) is 43.3 Å². The van der Waals surface area contributed by atoms with E-state index < -0.39 is 0 Å². The lowest BCUT2D eigenvalue weighted by Gasteiger charge is -2.21. The lowest BCUT2D eigenvalue weighted by Crippen LogP contribution is -2.24. The highest BCUT2D eigenvalue weighted by Crippen LogP contribution is 2.26. The largest absolute Gasteiger partial charge is 0.302 e. The molecular formula is C23H20N6OS. The number of benzene rings is 1. The smallest absolute Gasteiger partial charge is 0.258 e. The van der Waals surface area contributed by atoms with Gasteiger partial charge in [-0.15, -0.1) is 11.3 Å². The van der Waals surface area contributed by atoms with Crippen molar-refractivity contribution in [1.82, 2.24) is 24.8 Å². The first kappa shape index (κ1) is 19.5. The summed E-state index contributed by atoms with van der Waals surface area (Å²) < 4.78 is 0. The Bertz CT molecular complexity index is 1280. The molecule has 1 amide bonds. The van der Waals surface area contributed by atoms with Crippen LogP contribution in [-0.2, 0) is 0 Å². The van der Waals surface area contributed by atoms with Gasteiger partial charge < -0.3 is 4.90 Å². The minimum Gasteiger partial charge on any atom is -0.302 e. The molecule has 4 heterocycles. The molecule has 3 aromatic heterocycles. The average Bonchev–Trinajstić information content (AvgIpc) is 3.34. The van der Waals surface area contributed by atoms with Gasteiger partial charge in [0, 0.05) is 42.6 Å². The highest BCUT2D eigenvalue weighted by molar-refractivity contribution is 7.13. The number of fused-ring (bicyclic) bond motifs is 1. The number of carbonyl (C=O) groups excluding carboxylic acids is 1. The molecule has 0 bridgehead atoms. The molecule has 1 aliphatic heterocycles. The fourth-order valence-corrected chi connectivity index (χ4v) is 4.14. The summed E-state index contributed by atoms with van der Waals surface area (Å²) in [6, 6.07) is 9.51. The van der Waals surface area contributed by atoms with Crippen LogP contribution in [0.3, 0.4) is 0 Å². The van der Waals surface area contributed by atoms with E-state index in [9.17, 15) is 4.79 Å². The van der Waals surface area contributed by atoms with Gasteiger partial charge in [-0.05, 0) is 42.8 Å². The van der Waals surface area contributed by atoms with E-state index in [1.165, 1.54) is 5.57 Å². The molecule has 4 aromatic rings. The first-order valence-corrected chi connectivity index (χ1v) is 10.8. The fraction of sp³-hybridized carbons (Fsp3) is 0.174. The number of aromatic nitrogens is 4. The summed E-state index contributed by atoms with van der Waals surface area (Å²) in [7, 11) is 2.09. The number of carbonyl (C=O) groups is 1. The van der Waals surface area contributed by atoms with Gasteiger partial charge in [-0.3, -0.25) is 20.1 Å². The highest BCUT2D eigenvalue weighted by Gasteiger charge is 2.14. The van der Waals surface area contributed by atoms with Gasteiger partial charge in [0.1, 0.15) is 0 Å². The first-order chi connectivity index (χ1) is 15.2. The number of amides is 1. The Labute approximate surface area is 183 Å². The van der Waals surface area contributed by atoms with Crippen LogP contribution < -0.4 is 5.32 Å². The van der Waals surface area contributed by atoms with E-state index in [0.717, 1.165) is 46.5 Å². The van der Waals surface area contributed by atoms with Crippen molar-refractivity contribution in [3.63, 3.8) is 0 Å². The number of rotatable bonds is 4. The molecule has 0 aliphatic carbocycles. The van der Waals surface area contributed by atoms with Gasteiger partial charge in [-0.1, -0.05) is 18.2 Å². The number of nitrogens with one attached hydrogen (secondary N) is 1. The van der Waals surface area contributed by atoms with E-state index in [1.54, 1.807) is 35.3 Å². The number of anilines is 1. The molecule has 0 saturated carbocycles. The molecule has 0 fully saturated rings. The quantitative estimate of drug-likeness (QED) is 0.526. The van der Waals surface area contributed by atoms with Gasteiger partial charge in [0.05, 0.1) is 21.6 Å². The van der Waals surface area contributed by atoms with Gasteiger partial charge in [0.2, 0.25) is 5.95 Å². The summed E-state index contributed by atoms with van der Waals surface area (Å²) in [6.45, 7) is 1.88. The molecule has 0 unspecified atom stereocenters. The monoisotopic (exact) mass is 428 g/mol. The van der Waals surface area contributed by atoms with Gasteiger partial charge in [-0.2, -0.15) is 0 Å². The van der Waals surface area contributed by atoms with Gasteiger partial charge in [0.15, 0.2) is 0 Å². The van der Waals surface area contributed by atoms with Crippen LogP contribution in [-0.4, -0.2) is 50.9 Å². The van der Waals surface area contributed by atoms with E-state index in [1.807, 2.05) is 30.5 Å². The van der Waals surface area contributed by atoms with Crippen molar-refractivity contribution in [2.45, 2.75) is 6.42 Å². The molecule has 31 heavy (non-hydrogen) atoms. The Hall–Kier alpha value is -3.49. The fourth-order valence-electron chi connectivity index (χ4n) is 3.52. The van der Waals surface area contributed by atoms with Crippen molar-refractivity contribution in [2.24, 2.45) is 0 Å². The third-order valence-electron chi connectivity index (χ3n) is 5.29. The predicted octanol–water partition coefficient (Wildman–Crippen LogP) is 4.12. The van der Waals surface area contributed by atoms with Crippen LogP contribution in [0, 0.1) is 0 Å². The molecular weight excluding hydrogens is 408 g/mol.